The molecule has 0 aromatic carbocycles. The zero-order valence-electron chi connectivity index (χ0n) is 31.8. The molecule has 0 unspecified atom stereocenters. The van der Waals surface area contributed by atoms with Crippen molar-refractivity contribution in [2.45, 2.75) is 257 Å². The first-order chi connectivity index (χ1) is 22.7. The third-order valence-corrected chi connectivity index (χ3v) is 10.4. The highest BCUT2D eigenvalue weighted by molar-refractivity contribution is 5.78. The van der Waals surface area contributed by atoms with E-state index in [9.17, 15) is 9.59 Å². The molecule has 3 heteroatoms. The average Bonchev–Trinajstić information content (AvgIpc) is 3.06. The van der Waals surface area contributed by atoms with Crippen molar-refractivity contribution in [1.29, 1.82) is 0 Å². The van der Waals surface area contributed by atoms with Gasteiger partial charge in [-0.3, -0.25) is 4.79 Å². The lowest BCUT2D eigenvalue weighted by molar-refractivity contribution is -0.120. The normalized spacial score (nSPS) is 16.2. The first-order valence-electron chi connectivity index (χ1n) is 21.4. The molecule has 1 aliphatic carbocycles. The third kappa shape index (κ3) is 34.6. The summed E-state index contributed by atoms with van der Waals surface area (Å²) in [4.78, 5) is 22.3. The van der Waals surface area contributed by atoms with Gasteiger partial charge in [-0.1, -0.05) is 206 Å². The van der Waals surface area contributed by atoms with Crippen molar-refractivity contribution in [2.75, 3.05) is 0 Å². The van der Waals surface area contributed by atoms with Gasteiger partial charge in [-0.25, -0.2) is 0 Å². The number of hydrogen-bond acceptors (Lipinski definition) is 3. The van der Waals surface area contributed by atoms with Crippen LogP contribution < -0.4 is 5.73 Å². The van der Waals surface area contributed by atoms with E-state index in [1.807, 2.05) is 0 Å². The molecule has 46 heavy (non-hydrogen) atoms. The smallest absolute Gasteiger partial charge is 0.133 e. The molecule has 0 bridgehead atoms. The summed E-state index contributed by atoms with van der Waals surface area (Å²) in [6.07, 6.45) is 49.6. The second-order valence-corrected chi connectivity index (χ2v) is 15.1. The fourth-order valence-electron chi connectivity index (χ4n) is 7.18. The molecule has 0 radical (unpaired) electrons. The minimum absolute atomic E-state index is 0.281. The molecule has 0 aromatic rings. The summed E-state index contributed by atoms with van der Waals surface area (Å²) in [6, 6.07) is 0.281. The van der Waals surface area contributed by atoms with Crippen molar-refractivity contribution in [3.63, 3.8) is 0 Å². The number of nitrogens with two attached hydrogens (primary N) is 1. The summed E-state index contributed by atoms with van der Waals surface area (Å²) < 4.78 is 0. The lowest BCUT2D eigenvalue weighted by Crippen LogP contribution is -2.34. The van der Waals surface area contributed by atoms with E-state index >= 15 is 0 Å². The minimum Gasteiger partial charge on any atom is -0.327 e. The number of rotatable bonds is 34. The molecule has 1 saturated carbocycles. The van der Waals surface area contributed by atoms with Gasteiger partial charge in [0.1, 0.15) is 12.1 Å². The Bertz CT molecular complexity index is 606. The molecule has 0 heterocycles. The quantitative estimate of drug-likeness (QED) is 0.0558. The molecule has 2 atom stereocenters. The van der Waals surface area contributed by atoms with Crippen molar-refractivity contribution in [3.8, 4) is 0 Å². The van der Waals surface area contributed by atoms with Crippen molar-refractivity contribution in [1.82, 2.24) is 0 Å². The van der Waals surface area contributed by atoms with Gasteiger partial charge >= 0.3 is 0 Å². The van der Waals surface area contributed by atoms with E-state index in [1.54, 1.807) is 0 Å². The predicted octanol–water partition coefficient (Wildman–Crippen LogP) is 14.2. The third-order valence-electron chi connectivity index (χ3n) is 10.4. The maximum absolute atomic E-state index is 12.1. The summed E-state index contributed by atoms with van der Waals surface area (Å²) >= 11 is 0. The number of carbonyl (C=O) groups excluding carboxylic acids is 2. The van der Waals surface area contributed by atoms with Gasteiger partial charge in [0.15, 0.2) is 0 Å². The number of ketones is 1. The monoisotopic (exact) mass is 648 g/mol. The minimum atomic E-state index is 0.281. The van der Waals surface area contributed by atoms with Crippen LogP contribution in [-0.2, 0) is 9.59 Å². The fraction of sp³-hybridized carbons (Fsp3) is 0.953. The number of aldehydes is 1. The van der Waals surface area contributed by atoms with Gasteiger partial charge in [-0.05, 0) is 31.6 Å². The van der Waals surface area contributed by atoms with E-state index < -0.39 is 0 Å². The summed E-state index contributed by atoms with van der Waals surface area (Å²) in [5.74, 6) is 0.939. The molecular weight excluding hydrogens is 562 g/mol. The molecule has 1 aliphatic rings. The van der Waals surface area contributed by atoms with E-state index in [0.717, 1.165) is 44.8 Å². The van der Waals surface area contributed by atoms with Crippen LogP contribution in [0, 0.1) is 5.92 Å². The van der Waals surface area contributed by atoms with E-state index in [4.69, 9.17) is 5.73 Å². The Morgan fingerprint density at radius 2 is 0.826 bits per heavy atom. The molecule has 274 valence electrons. The number of hydrogen-bond donors (Lipinski definition) is 1. The topological polar surface area (TPSA) is 60.2 Å². The van der Waals surface area contributed by atoms with Gasteiger partial charge in [-0.15, -0.1) is 0 Å². The summed E-state index contributed by atoms with van der Waals surface area (Å²) in [5.41, 5.74) is 6.16. The molecule has 0 saturated heterocycles. The van der Waals surface area contributed by atoms with Crippen molar-refractivity contribution in [2.24, 2.45) is 11.7 Å². The molecule has 0 aromatic heterocycles. The van der Waals surface area contributed by atoms with Crippen LogP contribution in [0.5, 0.6) is 0 Å². The molecule has 0 aliphatic heterocycles. The maximum atomic E-state index is 12.1. The fourth-order valence-corrected chi connectivity index (χ4v) is 7.18. The highest BCUT2D eigenvalue weighted by Gasteiger charge is 2.23. The van der Waals surface area contributed by atoms with E-state index in [2.05, 4.69) is 13.8 Å². The van der Waals surface area contributed by atoms with E-state index in [0.29, 0.717) is 11.7 Å². The Balaban J connectivity index is 0.000000939. The highest BCUT2D eigenvalue weighted by Crippen LogP contribution is 2.26. The molecule has 2 N–H and O–H groups in total. The lowest BCUT2D eigenvalue weighted by atomic mass is 9.81. The van der Waals surface area contributed by atoms with Crippen LogP contribution >= 0.6 is 0 Å². The molecular formula is C43H85NO2. The Labute approximate surface area is 290 Å². The number of unbranched alkanes of at least 4 members (excludes halogenated alkanes) is 29. The predicted molar refractivity (Wildman–Crippen MR) is 205 cm³/mol. The van der Waals surface area contributed by atoms with Crippen molar-refractivity contribution < 1.29 is 9.59 Å². The highest BCUT2D eigenvalue weighted by atomic mass is 16.1. The van der Waals surface area contributed by atoms with Crippen LogP contribution in [-0.4, -0.2) is 18.1 Å². The van der Waals surface area contributed by atoms with Gasteiger partial charge in [-0.2, -0.15) is 0 Å². The Kier molecular flexibility index (Phi) is 38.2. The van der Waals surface area contributed by atoms with Gasteiger partial charge in [0, 0.05) is 25.3 Å². The Morgan fingerprint density at radius 3 is 1.17 bits per heavy atom. The molecule has 1 rings (SSSR count). The molecule has 0 spiro atoms. The standard InChI is InChI=1S/C25H49NO.C18H36O/c1-2-3-4-5-6-7-8-9-10-11-12-13-14-15-16-20-24(27)22-23-19-17-18-21-25(23)26;1-2-3-4-5-6-7-8-9-10-11-12-13-14-15-16-17-18-19/h23,25H,2-22,26H2,1H3;18H,2-17H2,1H3/t23-,25+;/m1./s1. The molecule has 1 fully saturated rings. The molecule has 0 amide bonds. The van der Waals surface area contributed by atoms with Gasteiger partial charge < -0.3 is 10.5 Å². The van der Waals surface area contributed by atoms with Crippen LogP contribution in [0.4, 0.5) is 0 Å². The summed E-state index contributed by atoms with van der Waals surface area (Å²) in [5, 5.41) is 0. The van der Waals surface area contributed by atoms with Gasteiger partial charge in [0.05, 0.1) is 0 Å². The zero-order chi connectivity index (χ0) is 33.6. The number of carbonyl (C=O) groups is 2. The van der Waals surface area contributed by atoms with E-state index in [1.165, 1.54) is 199 Å². The second-order valence-electron chi connectivity index (χ2n) is 15.1. The first kappa shape index (κ1) is 45.3. The first-order valence-corrected chi connectivity index (χ1v) is 21.4. The Morgan fingerprint density at radius 1 is 0.500 bits per heavy atom. The van der Waals surface area contributed by atoms with Crippen LogP contribution in [0.15, 0.2) is 0 Å². The zero-order valence-corrected chi connectivity index (χ0v) is 31.8. The van der Waals surface area contributed by atoms with Crippen molar-refractivity contribution >= 4 is 12.1 Å². The summed E-state index contributed by atoms with van der Waals surface area (Å²) in [6.45, 7) is 4.57. The lowest BCUT2D eigenvalue weighted by Gasteiger charge is -2.27. The largest absolute Gasteiger partial charge is 0.327 e. The van der Waals surface area contributed by atoms with Crippen molar-refractivity contribution in [3.05, 3.63) is 0 Å². The van der Waals surface area contributed by atoms with Gasteiger partial charge in [0.25, 0.3) is 0 Å². The summed E-state index contributed by atoms with van der Waals surface area (Å²) in [7, 11) is 0. The van der Waals surface area contributed by atoms with E-state index in [-0.39, 0.29) is 6.04 Å². The van der Waals surface area contributed by atoms with Crippen LogP contribution in [0.3, 0.4) is 0 Å². The van der Waals surface area contributed by atoms with Crippen LogP contribution in [0.25, 0.3) is 0 Å². The molecule has 3 nitrogen and oxygen atoms in total. The SMILES string of the molecule is CCCCCCCCCCCCCCCCCC(=O)C[C@H]1CCCC[C@@H]1N.CCCCCCCCCCCCCCCCCC=O. The number of Topliss-reactive ketones (excluding diaryl/α,β-unsaturated/α-hetero) is 1. The van der Waals surface area contributed by atoms with Crippen LogP contribution in [0.1, 0.15) is 251 Å². The Hall–Kier alpha value is -0.700. The van der Waals surface area contributed by atoms with Crippen LogP contribution in [0.2, 0.25) is 0 Å². The van der Waals surface area contributed by atoms with Gasteiger partial charge in [0.2, 0.25) is 0 Å². The average molecular weight is 648 g/mol. The second kappa shape index (κ2) is 38.7. The maximum Gasteiger partial charge on any atom is 0.133 e.